The second-order valence-electron chi connectivity index (χ2n) is 7.78. The summed E-state index contributed by atoms with van der Waals surface area (Å²) in [7, 11) is 0. The molecule has 0 spiro atoms. The number of H-pyrrole nitrogens is 1. The quantitative estimate of drug-likeness (QED) is 0.600. The maximum Gasteiger partial charge on any atom is 0.251 e. The minimum absolute atomic E-state index is 0.0845. The molecule has 5 rings (SSSR count). The van der Waals surface area contributed by atoms with Crippen molar-refractivity contribution in [2.45, 2.75) is 24.5 Å². The van der Waals surface area contributed by atoms with Crippen LogP contribution < -0.4 is 5.32 Å². The van der Waals surface area contributed by atoms with Crippen LogP contribution in [0, 0.1) is 24.2 Å². The average Bonchev–Trinajstić information content (AvgIpc) is 3.06. The minimum Gasteiger partial charge on any atom is -0.385 e. The predicted molar refractivity (Wildman–Crippen MR) is 107 cm³/mol. The first-order valence-electron chi connectivity index (χ1n) is 9.21. The summed E-state index contributed by atoms with van der Waals surface area (Å²) in [4.78, 5) is 12.5. The number of aromatic amines is 1. The van der Waals surface area contributed by atoms with E-state index in [9.17, 15) is 9.90 Å². The Kier molecular flexibility index (Phi) is 3.77. The second-order valence-corrected chi connectivity index (χ2v) is 8.21. The Labute approximate surface area is 167 Å². The van der Waals surface area contributed by atoms with Gasteiger partial charge in [-0.3, -0.25) is 9.89 Å². The molecule has 5 nitrogen and oxygen atoms in total. The number of aliphatic hydroxyl groups is 1. The fourth-order valence-corrected chi connectivity index (χ4v) is 4.90. The van der Waals surface area contributed by atoms with Gasteiger partial charge in [0.2, 0.25) is 0 Å². The molecule has 2 aromatic carbocycles. The van der Waals surface area contributed by atoms with Crippen LogP contribution in [-0.2, 0) is 5.60 Å². The fourth-order valence-electron chi connectivity index (χ4n) is 4.68. The van der Waals surface area contributed by atoms with E-state index in [1.54, 1.807) is 36.5 Å². The van der Waals surface area contributed by atoms with Gasteiger partial charge in [0.05, 0.1) is 17.3 Å². The lowest BCUT2D eigenvalue weighted by molar-refractivity contribution is 0.0293. The van der Waals surface area contributed by atoms with Gasteiger partial charge in [0.1, 0.15) is 0 Å². The Balaban J connectivity index is 1.32. The highest BCUT2D eigenvalue weighted by Gasteiger charge is 2.62. The molecule has 140 valence electrons. The lowest BCUT2D eigenvalue weighted by Gasteiger charge is -2.27. The van der Waals surface area contributed by atoms with Gasteiger partial charge in [-0.25, -0.2) is 0 Å². The standard InChI is InChI=1S/C22H18ClN3O2/c1-2-12-4-3-5-13(6-12)21(27)25-20-15-9-22(28,10-16(15)20)18-7-14(23)8-19-17(18)11-24-26-19/h1,3-8,11,15-16,20,28H,9-10H2,(H,24,26)(H,25,27)/t15-,16+,20?,22?. The first-order valence-corrected chi connectivity index (χ1v) is 9.59. The number of rotatable bonds is 3. The number of nitrogens with zero attached hydrogens (tertiary/aromatic N) is 1. The largest absolute Gasteiger partial charge is 0.385 e. The van der Waals surface area contributed by atoms with E-state index in [0.29, 0.717) is 29.0 Å². The first kappa shape index (κ1) is 17.3. The molecule has 2 unspecified atom stereocenters. The van der Waals surface area contributed by atoms with Gasteiger partial charge in [-0.05, 0) is 60.6 Å². The van der Waals surface area contributed by atoms with Crippen molar-refractivity contribution < 1.29 is 9.90 Å². The van der Waals surface area contributed by atoms with Gasteiger partial charge in [0, 0.05) is 27.6 Å². The number of fused-ring (bicyclic) bond motifs is 2. The van der Waals surface area contributed by atoms with Crippen LogP contribution in [0.2, 0.25) is 5.02 Å². The molecule has 0 saturated heterocycles. The first-order chi connectivity index (χ1) is 13.5. The van der Waals surface area contributed by atoms with E-state index >= 15 is 0 Å². The number of hydrogen-bond acceptors (Lipinski definition) is 3. The number of carbonyl (C=O) groups is 1. The smallest absolute Gasteiger partial charge is 0.251 e. The van der Waals surface area contributed by atoms with Gasteiger partial charge < -0.3 is 10.4 Å². The number of terminal acetylenes is 1. The van der Waals surface area contributed by atoms with E-state index in [2.05, 4.69) is 21.4 Å². The highest BCUT2D eigenvalue weighted by molar-refractivity contribution is 6.31. The third-order valence-electron chi connectivity index (χ3n) is 6.09. The molecule has 2 aliphatic carbocycles. The third kappa shape index (κ3) is 2.69. The average molecular weight is 392 g/mol. The lowest BCUT2D eigenvalue weighted by atomic mass is 9.86. The molecule has 3 aromatic rings. The molecular formula is C22H18ClN3O2. The van der Waals surface area contributed by atoms with Crippen LogP contribution in [-0.4, -0.2) is 27.3 Å². The Morgan fingerprint density at radius 2 is 2.11 bits per heavy atom. The Hall–Kier alpha value is -2.81. The van der Waals surface area contributed by atoms with Gasteiger partial charge in [0.15, 0.2) is 0 Å². The molecule has 0 bridgehead atoms. The van der Waals surface area contributed by atoms with E-state index in [1.807, 2.05) is 6.07 Å². The van der Waals surface area contributed by atoms with Gasteiger partial charge in [0.25, 0.3) is 5.91 Å². The molecule has 2 saturated carbocycles. The molecule has 1 heterocycles. The van der Waals surface area contributed by atoms with E-state index in [4.69, 9.17) is 18.0 Å². The molecule has 6 heteroatoms. The highest BCUT2D eigenvalue weighted by Crippen LogP contribution is 2.60. The molecule has 2 fully saturated rings. The fraction of sp³-hybridized carbons (Fsp3) is 0.273. The van der Waals surface area contributed by atoms with Crippen molar-refractivity contribution in [3.63, 3.8) is 0 Å². The van der Waals surface area contributed by atoms with Crippen molar-refractivity contribution >= 4 is 28.4 Å². The van der Waals surface area contributed by atoms with Gasteiger partial charge in [-0.1, -0.05) is 23.6 Å². The monoisotopic (exact) mass is 391 g/mol. The summed E-state index contributed by atoms with van der Waals surface area (Å²) in [5, 5.41) is 22.8. The summed E-state index contributed by atoms with van der Waals surface area (Å²) in [5.41, 5.74) is 1.92. The van der Waals surface area contributed by atoms with Crippen LogP contribution in [0.3, 0.4) is 0 Å². The SMILES string of the molecule is C#Cc1cccc(C(=O)NC2[C@H]3CC(O)(c4cc(Cl)cc5[nH]ncc45)C[C@@H]23)c1. The van der Waals surface area contributed by atoms with Gasteiger partial charge in [-0.15, -0.1) is 6.42 Å². The summed E-state index contributed by atoms with van der Waals surface area (Å²) in [5.74, 6) is 2.93. The molecule has 3 N–H and O–H groups in total. The molecule has 28 heavy (non-hydrogen) atoms. The van der Waals surface area contributed by atoms with Crippen molar-refractivity contribution in [2.24, 2.45) is 11.8 Å². The van der Waals surface area contributed by atoms with Crippen molar-refractivity contribution in [1.82, 2.24) is 15.5 Å². The normalized spacial score (nSPS) is 28.0. The molecule has 2 aliphatic rings. The summed E-state index contributed by atoms with van der Waals surface area (Å²) in [6.45, 7) is 0. The van der Waals surface area contributed by atoms with Crippen LogP contribution in [0.4, 0.5) is 0 Å². The molecule has 0 radical (unpaired) electrons. The van der Waals surface area contributed by atoms with Crippen LogP contribution in [0.15, 0.2) is 42.6 Å². The van der Waals surface area contributed by atoms with Crippen LogP contribution in [0.5, 0.6) is 0 Å². The van der Waals surface area contributed by atoms with Crippen molar-refractivity contribution in [2.75, 3.05) is 0 Å². The Morgan fingerprint density at radius 1 is 1.32 bits per heavy atom. The zero-order valence-electron chi connectivity index (χ0n) is 14.9. The minimum atomic E-state index is -0.951. The topological polar surface area (TPSA) is 78.0 Å². The molecular weight excluding hydrogens is 374 g/mol. The predicted octanol–water partition coefficient (Wildman–Crippen LogP) is 3.22. The lowest BCUT2D eigenvalue weighted by Crippen LogP contribution is -2.33. The number of nitrogens with one attached hydrogen (secondary N) is 2. The molecule has 1 amide bonds. The van der Waals surface area contributed by atoms with Crippen LogP contribution >= 0.6 is 11.6 Å². The summed E-state index contributed by atoms with van der Waals surface area (Å²) in [6.07, 6.45) is 8.31. The third-order valence-corrected chi connectivity index (χ3v) is 6.31. The van der Waals surface area contributed by atoms with Gasteiger partial charge >= 0.3 is 0 Å². The molecule has 4 atom stereocenters. The second kappa shape index (κ2) is 6.10. The number of halogens is 1. The molecule has 1 aromatic heterocycles. The van der Waals surface area contributed by atoms with Crippen molar-refractivity contribution in [3.05, 3.63) is 64.3 Å². The zero-order chi connectivity index (χ0) is 19.5. The maximum absolute atomic E-state index is 12.5. The number of benzene rings is 2. The number of hydrogen-bond donors (Lipinski definition) is 3. The Morgan fingerprint density at radius 3 is 2.86 bits per heavy atom. The van der Waals surface area contributed by atoms with E-state index < -0.39 is 5.60 Å². The Bertz CT molecular complexity index is 1130. The van der Waals surface area contributed by atoms with Crippen molar-refractivity contribution in [1.29, 1.82) is 0 Å². The summed E-state index contributed by atoms with van der Waals surface area (Å²) < 4.78 is 0. The maximum atomic E-state index is 12.5. The van der Waals surface area contributed by atoms with Gasteiger partial charge in [-0.2, -0.15) is 5.10 Å². The van der Waals surface area contributed by atoms with Crippen LogP contribution in [0.25, 0.3) is 10.9 Å². The van der Waals surface area contributed by atoms with E-state index in [0.717, 1.165) is 16.5 Å². The number of carbonyl (C=O) groups excluding carboxylic acids is 1. The van der Waals surface area contributed by atoms with E-state index in [1.165, 1.54) is 0 Å². The number of amides is 1. The van der Waals surface area contributed by atoms with Crippen molar-refractivity contribution in [3.8, 4) is 12.3 Å². The molecule has 0 aliphatic heterocycles. The summed E-state index contributed by atoms with van der Waals surface area (Å²) >= 11 is 6.23. The summed E-state index contributed by atoms with van der Waals surface area (Å²) in [6, 6.07) is 10.8. The zero-order valence-corrected chi connectivity index (χ0v) is 15.7. The van der Waals surface area contributed by atoms with E-state index in [-0.39, 0.29) is 23.8 Å². The van der Waals surface area contributed by atoms with Crippen LogP contribution in [0.1, 0.15) is 34.3 Å². The number of aromatic nitrogens is 2. The highest BCUT2D eigenvalue weighted by atomic mass is 35.5.